The maximum atomic E-state index is 11.4. The predicted molar refractivity (Wildman–Crippen MR) is 176 cm³/mol. The summed E-state index contributed by atoms with van der Waals surface area (Å²) in [4.78, 5) is 68.1. The molecule has 0 radical (unpaired) electrons. The molecule has 16 heteroatoms. The van der Waals surface area contributed by atoms with Crippen LogP contribution in [0.2, 0.25) is 0 Å². The number of allylic oxidation sites excluding steroid dienone is 3. The number of nitrogens with one attached hydrogen (secondary N) is 2. The molecule has 0 saturated carbocycles. The fourth-order valence-electron chi connectivity index (χ4n) is 5.11. The Morgan fingerprint density at radius 3 is 1.91 bits per heavy atom. The van der Waals surface area contributed by atoms with Gasteiger partial charge in [0.2, 0.25) is 0 Å². The van der Waals surface area contributed by atoms with Gasteiger partial charge >= 0.3 is 28.4 Å². The number of aliphatic carboxylic acids is 2. The van der Waals surface area contributed by atoms with Crippen LogP contribution in [0.3, 0.4) is 0 Å². The van der Waals surface area contributed by atoms with Gasteiger partial charge in [-0.3, -0.25) is 18.7 Å². The number of aryl methyl sites for hydroxylation is 3. The van der Waals surface area contributed by atoms with Crippen molar-refractivity contribution in [2.24, 2.45) is 0 Å². The van der Waals surface area contributed by atoms with Gasteiger partial charge in [0.25, 0.3) is 0 Å². The Morgan fingerprint density at radius 2 is 1.30 bits per heavy atom. The normalized spacial score (nSPS) is 12.3. The minimum atomic E-state index is -3.13. The zero-order valence-electron chi connectivity index (χ0n) is 25.5. The Bertz CT molecular complexity index is 1920. The monoisotopic (exact) mass is 674 g/mol. The van der Waals surface area contributed by atoms with Crippen molar-refractivity contribution >= 4 is 73.3 Å². The number of fused-ring (bicyclic) bond motifs is 8. The summed E-state index contributed by atoms with van der Waals surface area (Å²) < 4.78 is 17.5. The van der Waals surface area contributed by atoms with Crippen molar-refractivity contribution in [1.82, 2.24) is 19.9 Å². The number of hydrogen-bond donors (Lipinski definition) is 8. The first-order chi connectivity index (χ1) is 21.5. The van der Waals surface area contributed by atoms with E-state index in [1.165, 1.54) is 0 Å². The van der Waals surface area contributed by atoms with Gasteiger partial charge in [-0.25, -0.2) is 9.97 Å². The lowest BCUT2D eigenvalue weighted by Crippen LogP contribution is -1.98. The number of rotatable bonds is 6. The second-order valence-corrected chi connectivity index (χ2v) is 11.7. The van der Waals surface area contributed by atoms with E-state index in [0.717, 1.165) is 72.6 Å². The van der Waals surface area contributed by atoms with Gasteiger partial charge in [-0.1, -0.05) is 0 Å². The quantitative estimate of drug-likeness (QED) is 0.161. The number of aromatic nitrogens is 4. The van der Waals surface area contributed by atoms with Crippen LogP contribution in [0.4, 0.5) is 0 Å². The van der Waals surface area contributed by atoms with Gasteiger partial charge in [0.05, 0.1) is 22.8 Å². The largest absolute Gasteiger partial charge is 0.481 e. The Hall–Kier alpha value is -4.16. The van der Waals surface area contributed by atoms with Gasteiger partial charge in [-0.15, -0.1) is 0 Å². The number of H-pyrrole nitrogens is 2. The van der Waals surface area contributed by atoms with Crippen LogP contribution < -0.4 is 0 Å². The van der Waals surface area contributed by atoms with Crippen LogP contribution >= 0.6 is 16.5 Å². The van der Waals surface area contributed by atoms with Crippen molar-refractivity contribution in [2.45, 2.75) is 53.4 Å². The van der Waals surface area contributed by atoms with Crippen LogP contribution in [0.25, 0.3) is 44.9 Å². The second kappa shape index (κ2) is 15.9. The first kappa shape index (κ1) is 36.3. The first-order valence-electron chi connectivity index (χ1n) is 13.9. The van der Waals surface area contributed by atoms with Gasteiger partial charge in [0, 0.05) is 34.9 Å². The molecule has 2 aliphatic heterocycles. The van der Waals surface area contributed by atoms with Crippen molar-refractivity contribution in [1.29, 1.82) is 0 Å². The summed E-state index contributed by atoms with van der Waals surface area (Å²) in [5.41, 5.74) is 12.4. The van der Waals surface area contributed by atoms with Gasteiger partial charge < -0.3 is 39.8 Å². The van der Waals surface area contributed by atoms with Crippen molar-refractivity contribution in [3.8, 4) is 0 Å². The topological polar surface area (TPSA) is 247 Å². The molecule has 2 aliphatic rings. The molecular formula is C30H36N4O10P2. The summed E-state index contributed by atoms with van der Waals surface area (Å²) in [5.74, 6) is -1.73. The Kier molecular flexibility index (Phi) is 12.6. The number of carboxylic acids is 2. The number of hydrogen-bond acceptors (Lipinski definition) is 6. The number of carbonyl (C=O) groups is 2. The van der Waals surface area contributed by atoms with Crippen molar-refractivity contribution in [2.75, 3.05) is 0 Å². The minimum absolute atomic E-state index is 0.00160. The average molecular weight is 675 g/mol. The zero-order chi connectivity index (χ0) is 34.3. The molecule has 0 unspecified atom stereocenters. The van der Waals surface area contributed by atoms with E-state index in [4.69, 9.17) is 38.7 Å². The summed E-state index contributed by atoms with van der Waals surface area (Å²) in [7, 11) is -6.26. The third-order valence-corrected chi connectivity index (χ3v) is 7.26. The highest BCUT2D eigenvalue weighted by atomic mass is 31.1. The summed E-state index contributed by atoms with van der Waals surface area (Å²) in [6.07, 6.45) is 2.74. The summed E-state index contributed by atoms with van der Waals surface area (Å²) in [6, 6.07) is 9.98. The third kappa shape index (κ3) is 9.92. The molecule has 0 aromatic carbocycles. The standard InChI is InChI=1S/C30H30N4O4.2H3O3P/c1-15-9-20-12-25-17(3)21(5-7-29(35)36)27(33-25)14-28-22(6-8-30(37)38)18(4)26(34-28)13-24-16(2)10-19(32-24)11-23(15)31-20;2*1-4(2)3/h9-14,31,34H,5-8H2,1-4H3,(H,35,36)(H,37,38);2*4H,(H2,1,2,3). The molecular weight excluding hydrogens is 638 g/mol. The van der Waals surface area contributed by atoms with E-state index in [2.05, 4.69) is 16.0 Å². The van der Waals surface area contributed by atoms with E-state index in [1.54, 1.807) is 0 Å². The van der Waals surface area contributed by atoms with E-state index in [-0.39, 0.29) is 12.8 Å². The summed E-state index contributed by atoms with van der Waals surface area (Å²) >= 11 is 0. The zero-order valence-corrected chi connectivity index (χ0v) is 27.5. The number of carboxylic acid groups (broad SMARTS) is 2. The van der Waals surface area contributed by atoms with Crippen LogP contribution in [0.5, 0.6) is 0 Å². The molecule has 8 bridgehead atoms. The van der Waals surface area contributed by atoms with E-state index in [9.17, 15) is 19.8 Å². The van der Waals surface area contributed by atoms with Gasteiger partial charge in [-0.05, 0) is 110 Å². The molecule has 3 aromatic rings. The van der Waals surface area contributed by atoms with Gasteiger partial charge in [-0.2, -0.15) is 0 Å². The highest BCUT2D eigenvalue weighted by Crippen LogP contribution is 2.34. The highest BCUT2D eigenvalue weighted by Gasteiger charge is 2.19. The summed E-state index contributed by atoms with van der Waals surface area (Å²) in [6.45, 7) is 8.01. The number of nitrogens with zero attached hydrogens (tertiary/aromatic N) is 2. The fraction of sp³-hybridized carbons (Fsp3) is 0.267. The third-order valence-electron chi connectivity index (χ3n) is 7.26. The van der Waals surface area contributed by atoms with E-state index in [0.29, 0.717) is 18.5 Å². The summed E-state index contributed by atoms with van der Waals surface area (Å²) in [5, 5.41) is 18.7. The first-order valence-corrected chi connectivity index (χ1v) is 16.5. The van der Waals surface area contributed by atoms with Crippen LogP contribution in [0.15, 0.2) is 30.3 Å². The van der Waals surface area contributed by atoms with Crippen LogP contribution in [-0.2, 0) is 25.1 Å². The molecule has 14 nitrogen and oxygen atoms in total. The number of aromatic amines is 2. The van der Waals surface area contributed by atoms with Crippen molar-refractivity contribution in [3.63, 3.8) is 0 Å². The highest BCUT2D eigenvalue weighted by molar-refractivity contribution is 7.31. The molecule has 8 N–H and O–H groups in total. The SMILES string of the molecule is CC1=Cc2cc3[nH]c(cc4nc(cc5[nH]c(cc1n2)c(C)c5CCC(=O)O)C(CCC(=O)O)=C4C)cc3C.O=[PH](O)O.O=[PH](O)O. The molecule has 0 saturated heterocycles. The van der Waals surface area contributed by atoms with Crippen LogP contribution in [0, 0.1) is 13.8 Å². The molecule has 0 amide bonds. The van der Waals surface area contributed by atoms with E-state index in [1.807, 2.05) is 58.0 Å². The molecule has 0 atom stereocenters. The molecule has 46 heavy (non-hydrogen) atoms. The molecule has 0 aliphatic carbocycles. The molecule has 5 rings (SSSR count). The fourth-order valence-corrected chi connectivity index (χ4v) is 5.11. The minimum Gasteiger partial charge on any atom is -0.481 e. The Morgan fingerprint density at radius 1 is 0.717 bits per heavy atom. The van der Waals surface area contributed by atoms with Crippen molar-refractivity contribution < 1.29 is 48.5 Å². The lowest BCUT2D eigenvalue weighted by Gasteiger charge is -2.03. The van der Waals surface area contributed by atoms with Crippen LogP contribution in [-0.4, -0.2) is 61.7 Å². The molecule has 5 heterocycles. The van der Waals surface area contributed by atoms with Crippen molar-refractivity contribution in [3.05, 3.63) is 69.8 Å². The predicted octanol–water partition coefficient (Wildman–Crippen LogP) is 5.03. The maximum absolute atomic E-state index is 11.4. The molecule has 3 aromatic heterocycles. The Balaban J connectivity index is 0.000000647. The van der Waals surface area contributed by atoms with Crippen LogP contribution in [0.1, 0.15) is 72.6 Å². The smallest absolute Gasteiger partial charge is 0.314 e. The van der Waals surface area contributed by atoms with Gasteiger partial charge in [0.15, 0.2) is 0 Å². The molecule has 0 spiro atoms. The lowest BCUT2D eigenvalue weighted by molar-refractivity contribution is -0.137. The maximum Gasteiger partial charge on any atom is 0.314 e. The van der Waals surface area contributed by atoms with E-state index >= 15 is 0 Å². The average Bonchev–Trinajstić information content (AvgIpc) is 3.62. The Labute approximate surface area is 264 Å². The van der Waals surface area contributed by atoms with E-state index < -0.39 is 28.4 Å². The van der Waals surface area contributed by atoms with Gasteiger partial charge in [0.1, 0.15) is 0 Å². The lowest BCUT2D eigenvalue weighted by atomic mass is 10.0. The molecule has 246 valence electrons. The molecule has 0 fully saturated rings. The second-order valence-electron chi connectivity index (χ2n) is 10.5.